The molecule has 8 heavy (non-hydrogen) atoms. The van der Waals surface area contributed by atoms with Gasteiger partial charge in [-0.3, -0.25) is 0 Å². The number of rotatable bonds is 1. The van der Waals surface area contributed by atoms with E-state index in [1.165, 1.54) is 0 Å². The Labute approximate surface area is 47.0 Å². The molecule has 1 heterocycles. The average Bonchev–Trinajstić information content (AvgIpc) is 2.14. The van der Waals surface area contributed by atoms with Crippen LogP contribution in [0.5, 0.6) is 0 Å². The number of aryl methyl sites for hydroxylation is 1. The Morgan fingerprint density at radius 3 is 2.75 bits per heavy atom. The molecule has 3 nitrogen and oxygen atoms in total. The zero-order valence-electron chi connectivity index (χ0n) is 4.59. The predicted octanol–water partition coefficient (Wildman–Crippen LogP) is 1.02. The van der Waals surface area contributed by atoms with Gasteiger partial charge in [0, 0.05) is 5.27 Å². The molecule has 0 aliphatic rings. The zero-order valence-corrected chi connectivity index (χ0v) is 4.59. The summed E-state index contributed by atoms with van der Waals surface area (Å²) in [4.78, 5) is 0. The van der Waals surface area contributed by atoms with Gasteiger partial charge in [0.05, 0.1) is 0 Å². The van der Waals surface area contributed by atoms with Gasteiger partial charge < -0.3 is 4.52 Å². The Balaban J connectivity index is 3.09. The summed E-state index contributed by atoms with van der Waals surface area (Å²) < 4.78 is 4.63. The number of hydrogen-bond donors (Lipinski definition) is 0. The van der Waals surface area contributed by atoms with Crippen LogP contribution in [0.2, 0.25) is 0 Å². The predicted molar refractivity (Wildman–Crippen MR) is 29.1 cm³/mol. The van der Waals surface area contributed by atoms with Crippen molar-refractivity contribution in [3.63, 3.8) is 0 Å². The van der Waals surface area contributed by atoms with E-state index in [0.29, 0.717) is 5.76 Å². The molecule has 3 heteroatoms. The largest absolute Gasteiger partial charge is 0.337 e. The highest BCUT2D eigenvalue weighted by Gasteiger charge is 1.96. The van der Waals surface area contributed by atoms with Crippen molar-refractivity contribution in [2.24, 2.45) is 0 Å². The van der Waals surface area contributed by atoms with E-state index in [0.717, 1.165) is 5.69 Å². The molecule has 0 bridgehead atoms. The number of aromatic nitrogens is 2. The molecule has 0 amide bonds. The summed E-state index contributed by atoms with van der Waals surface area (Å²) in [5.74, 6) is 0.644. The van der Waals surface area contributed by atoms with Crippen LogP contribution < -0.4 is 0 Å². The van der Waals surface area contributed by atoms with Crippen LogP contribution in [0, 0.1) is 6.92 Å². The topological polar surface area (TPSA) is 38.9 Å². The van der Waals surface area contributed by atoms with Crippen molar-refractivity contribution in [3.05, 3.63) is 18.0 Å². The Kier molecular flexibility index (Phi) is 1.12. The van der Waals surface area contributed by atoms with Crippen LogP contribution in [0.15, 0.2) is 11.1 Å². The maximum absolute atomic E-state index is 4.63. The van der Waals surface area contributed by atoms with Gasteiger partial charge in [-0.05, 0) is 13.0 Å². The van der Waals surface area contributed by atoms with Crippen LogP contribution in [0.25, 0.3) is 6.08 Å². The first-order chi connectivity index (χ1) is 3.84. The van der Waals surface area contributed by atoms with Crippen LogP contribution in [0.3, 0.4) is 0 Å². The molecule has 0 aliphatic heterocycles. The quantitative estimate of drug-likeness (QED) is 0.541. The molecule has 0 fully saturated rings. The van der Waals surface area contributed by atoms with Crippen molar-refractivity contribution in [2.45, 2.75) is 6.92 Å². The lowest BCUT2D eigenvalue weighted by Gasteiger charge is -1.75. The molecule has 0 unspecified atom stereocenters. The smallest absolute Gasteiger partial charge is 0.182 e. The summed E-state index contributed by atoms with van der Waals surface area (Å²) >= 11 is 0. The Morgan fingerprint density at radius 1 is 1.75 bits per heavy atom. The SMILES string of the molecule is C=Cc1onnc1C. The minimum atomic E-state index is 0.644. The van der Waals surface area contributed by atoms with Crippen molar-refractivity contribution in [1.82, 2.24) is 10.4 Å². The van der Waals surface area contributed by atoms with Crippen molar-refractivity contribution in [2.75, 3.05) is 0 Å². The molecule has 0 spiro atoms. The van der Waals surface area contributed by atoms with Crippen LogP contribution in [0.1, 0.15) is 11.5 Å². The molecule has 0 atom stereocenters. The first-order valence-corrected chi connectivity index (χ1v) is 2.26. The number of nitrogens with zero attached hydrogens (tertiary/aromatic N) is 2. The highest BCUT2D eigenvalue weighted by atomic mass is 16.5. The van der Waals surface area contributed by atoms with E-state index in [1.54, 1.807) is 6.08 Å². The standard InChI is InChI=1S/C5H6N2O/c1-3-5-4(2)6-7-8-5/h3H,1H2,2H3. The molecule has 0 N–H and O–H groups in total. The van der Waals surface area contributed by atoms with E-state index >= 15 is 0 Å². The summed E-state index contributed by atoms with van der Waals surface area (Å²) in [5, 5.41) is 6.90. The second kappa shape index (κ2) is 1.78. The fourth-order valence-electron chi connectivity index (χ4n) is 0.426. The van der Waals surface area contributed by atoms with Gasteiger partial charge in [-0.1, -0.05) is 6.58 Å². The van der Waals surface area contributed by atoms with Crippen molar-refractivity contribution < 1.29 is 4.52 Å². The monoisotopic (exact) mass is 110 g/mol. The second-order valence-corrected chi connectivity index (χ2v) is 1.43. The first kappa shape index (κ1) is 5.03. The van der Waals surface area contributed by atoms with E-state index in [9.17, 15) is 0 Å². The minimum absolute atomic E-state index is 0.644. The minimum Gasteiger partial charge on any atom is -0.337 e. The van der Waals surface area contributed by atoms with Gasteiger partial charge in [-0.25, -0.2) is 0 Å². The van der Waals surface area contributed by atoms with E-state index in [4.69, 9.17) is 0 Å². The summed E-state index contributed by atoms with van der Waals surface area (Å²) in [6.07, 6.45) is 1.58. The fraction of sp³-hybridized carbons (Fsp3) is 0.200. The third-order valence-electron chi connectivity index (χ3n) is 0.872. The van der Waals surface area contributed by atoms with Crippen molar-refractivity contribution in [1.29, 1.82) is 0 Å². The normalized spacial score (nSPS) is 9.12. The maximum Gasteiger partial charge on any atom is 0.182 e. The van der Waals surface area contributed by atoms with Gasteiger partial charge in [0.2, 0.25) is 0 Å². The summed E-state index contributed by atoms with van der Waals surface area (Å²) in [5.41, 5.74) is 0.778. The third-order valence-corrected chi connectivity index (χ3v) is 0.872. The van der Waals surface area contributed by atoms with E-state index in [2.05, 4.69) is 21.5 Å². The Morgan fingerprint density at radius 2 is 2.50 bits per heavy atom. The van der Waals surface area contributed by atoms with Gasteiger partial charge in [0.15, 0.2) is 5.76 Å². The zero-order chi connectivity index (χ0) is 5.98. The van der Waals surface area contributed by atoms with Gasteiger partial charge in [0.1, 0.15) is 5.69 Å². The lowest BCUT2D eigenvalue weighted by Crippen LogP contribution is -1.71. The molecule has 0 radical (unpaired) electrons. The van der Waals surface area contributed by atoms with Crippen molar-refractivity contribution in [3.8, 4) is 0 Å². The molecule has 42 valence electrons. The van der Waals surface area contributed by atoms with Crippen LogP contribution in [-0.4, -0.2) is 10.4 Å². The van der Waals surface area contributed by atoms with Gasteiger partial charge in [-0.2, -0.15) is 0 Å². The van der Waals surface area contributed by atoms with Crippen LogP contribution in [0.4, 0.5) is 0 Å². The van der Waals surface area contributed by atoms with E-state index in [-0.39, 0.29) is 0 Å². The summed E-state index contributed by atoms with van der Waals surface area (Å²) in [6.45, 7) is 5.30. The molecule has 1 rings (SSSR count). The molecule has 0 aliphatic carbocycles. The highest BCUT2D eigenvalue weighted by molar-refractivity contribution is 5.40. The third kappa shape index (κ3) is 0.621. The molecule has 1 aromatic heterocycles. The number of hydrogen-bond acceptors (Lipinski definition) is 3. The van der Waals surface area contributed by atoms with Crippen molar-refractivity contribution >= 4 is 6.08 Å². The lowest BCUT2D eigenvalue weighted by atomic mass is 10.4. The molecular weight excluding hydrogens is 104 g/mol. The van der Waals surface area contributed by atoms with Gasteiger partial charge in [0.25, 0.3) is 0 Å². The van der Waals surface area contributed by atoms with E-state index < -0.39 is 0 Å². The first-order valence-electron chi connectivity index (χ1n) is 2.26. The maximum atomic E-state index is 4.63. The second-order valence-electron chi connectivity index (χ2n) is 1.43. The Hall–Kier alpha value is -1.12. The highest BCUT2D eigenvalue weighted by Crippen LogP contribution is 2.01. The molecule has 1 aromatic rings. The van der Waals surface area contributed by atoms with Gasteiger partial charge in [-0.15, -0.1) is 5.10 Å². The molecular formula is C5H6N2O. The molecule has 0 aromatic carbocycles. The van der Waals surface area contributed by atoms with Crippen LogP contribution in [-0.2, 0) is 0 Å². The fourth-order valence-corrected chi connectivity index (χ4v) is 0.426. The molecule has 0 saturated heterocycles. The summed E-state index contributed by atoms with van der Waals surface area (Å²) in [7, 11) is 0. The average molecular weight is 110 g/mol. The van der Waals surface area contributed by atoms with Gasteiger partial charge >= 0.3 is 0 Å². The summed E-state index contributed by atoms with van der Waals surface area (Å²) in [6, 6.07) is 0. The lowest BCUT2D eigenvalue weighted by molar-refractivity contribution is 0.387. The van der Waals surface area contributed by atoms with E-state index in [1.807, 2.05) is 6.92 Å². The van der Waals surface area contributed by atoms with Crippen LogP contribution >= 0.6 is 0 Å². The Bertz CT molecular complexity index is 192. The molecule has 0 saturated carbocycles.